The predicted molar refractivity (Wildman–Crippen MR) is 79.6 cm³/mol. The van der Waals surface area contributed by atoms with Gasteiger partial charge in [-0.05, 0) is 6.92 Å². The van der Waals surface area contributed by atoms with E-state index in [0.717, 1.165) is 5.56 Å². The lowest BCUT2D eigenvalue weighted by Gasteiger charge is -2.11. The van der Waals surface area contributed by atoms with Crippen molar-refractivity contribution in [3.05, 3.63) is 57.2 Å². The molecule has 2 heterocycles. The average Bonchev–Trinajstić information content (AvgIpc) is 2.52. The van der Waals surface area contributed by atoms with E-state index in [-0.39, 0.29) is 10.8 Å². The fourth-order valence-corrected chi connectivity index (χ4v) is 2.22. The maximum absolute atomic E-state index is 12.1. The number of nitrogens with one attached hydrogen (secondary N) is 2. The fraction of sp³-hybridized carbons (Fsp3) is 0.133. The van der Waals surface area contributed by atoms with Crippen LogP contribution in [-0.4, -0.2) is 21.8 Å². The van der Waals surface area contributed by atoms with Crippen molar-refractivity contribution >= 4 is 10.8 Å². The maximum Gasteiger partial charge on any atom is 0.274 e. The molecule has 106 valence electrons. The van der Waals surface area contributed by atoms with Crippen LogP contribution < -0.4 is 15.9 Å². The van der Waals surface area contributed by atoms with E-state index in [9.17, 15) is 9.59 Å². The molecule has 6 nitrogen and oxygen atoms in total. The Morgan fingerprint density at radius 3 is 2.52 bits per heavy atom. The quantitative estimate of drug-likeness (QED) is 0.765. The van der Waals surface area contributed by atoms with Gasteiger partial charge in [-0.15, -0.1) is 0 Å². The molecular formula is C15H13N3O3. The van der Waals surface area contributed by atoms with Gasteiger partial charge in [0.05, 0.1) is 17.4 Å². The number of nitrogens with zero attached hydrogens (tertiary/aromatic N) is 1. The summed E-state index contributed by atoms with van der Waals surface area (Å²) in [7, 11) is 0. The van der Waals surface area contributed by atoms with Crippen LogP contribution in [0.15, 0.2) is 46.1 Å². The molecule has 0 aliphatic rings. The molecule has 1 aromatic carbocycles. The van der Waals surface area contributed by atoms with Gasteiger partial charge >= 0.3 is 0 Å². The van der Waals surface area contributed by atoms with E-state index in [1.807, 2.05) is 37.3 Å². The third kappa shape index (κ3) is 2.20. The molecule has 3 aromatic rings. The highest BCUT2D eigenvalue weighted by atomic mass is 16.5. The molecule has 3 rings (SSSR count). The van der Waals surface area contributed by atoms with Gasteiger partial charge in [-0.2, -0.15) is 0 Å². The molecule has 0 atom stereocenters. The molecule has 0 aliphatic heterocycles. The smallest absolute Gasteiger partial charge is 0.274 e. The molecule has 0 spiro atoms. The highest BCUT2D eigenvalue weighted by Crippen LogP contribution is 2.31. The van der Waals surface area contributed by atoms with Gasteiger partial charge in [-0.1, -0.05) is 30.3 Å². The summed E-state index contributed by atoms with van der Waals surface area (Å²) < 4.78 is 5.61. The van der Waals surface area contributed by atoms with E-state index in [2.05, 4.69) is 15.2 Å². The van der Waals surface area contributed by atoms with E-state index in [1.165, 1.54) is 6.20 Å². The van der Waals surface area contributed by atoms with Gasteiger partial charge in [0.2, 0.25) is 0 Å². The topological polar surface area (TPSA) is 87.8 Å². The number of fused-ring (bicyclic) bond motifs is 1. The summed E-state index contributed by atoms with van der Waals surface area (Å²) in [5.74, 6) is 0.327. The lowest BCUT2D eigenvalue weighted by Crippen LogP contribution is -2.20. The SMILES string of the molecule is CCOc1c(-c2ccccc2)ncc2c(=O)[nH][nH]c(=O)c12. The van der Waals surface area contributed by atoms with E-state index >= 15 is 0 Å². The summed E-state index contributed by atoms with van der Waals surface area (Å²) in [4.78, 5) is 28.2. The summed E-state index contributed by atoms with van der Waals surface area (Å²) >= 11 is 0. The number of pyridine rings is 1. The minimum absolute atomic E-state index is 0.210. The number of H-pyrrole nitrogens is 2. The standard InChI is InChI=1S/C15H13N3O3/c1-2-21-13-11-10(14(19)17-18-15(11)20)8-16-12(13)9-6-4-3-5-7-9/h3-8H,2H2,1H3,(H,17,19)(H,18,20). The molecule has 0 bridgehead atoms. The van der Waals surface area contributed by atoms with Gasteiger partial charge in [0.15, 0.2) is 5.75 Å². The molecule has 0 saturated carbocycles. The molecule has 0 unspecified atom stereocenters. The van der Waals surface area contributed by atoms with Crippen LogP contribution in [-0.2, 0) is 0 Å². The van der Waals surface area contributed by atoms with Crippen molar-refractivity contribution in [3.8, 4) is 17.0 Å². The summed E-state index contributed by atoms with van der Waals surface area (Å²) in [5, 5.41) is 5.03. The fourth-order valence-electron chi connectivity index (χ4n) is 2.22. The first-order valence-electron chi connectivity index (χ1n) is 6.54. The second-order valence-corrected chi connectivity index (χ2v) is 4.43. The normalized spacial score (nSPS) is 10.7. The summed E-state index contributed by atoms with van der Waals surface area (Å²) in [6.45, 7) is 2.18. The summed E-state index contributed by atoms with van der Waals surface area (Å²) in [5.41, 5.74) is 0.550. The molecule has 0 saturated heterocycles. The molecule has 0 amide bonds. The van der Waals surface area contributed by atoms with Gasteiger partial charge in [0, 0.05) is 11.8 Å². The van der Waals surface area contributed by atoms with Crippen molar-refractivity contribution in [3.63, 3.8) is 0 Å². The second-order valence-electron chi connectivity index (χ2n) is 4.43. The zero-order valence-electron chi connectivity index (χ0n) is 11.3. The first-order chi connectivity index (χ1) is 10.2. The summed E-state index contributed by atoms with van der Waals surface area (Å²) in [6, 6.07) is 9.39. The lowest BCUT2D eigenvalue weighted by molar-refractivity contribution is 0.344. The molecule has 0 radical (unpaired) electrons. The monoisotopic (exact) mass is 283 g/mol. The van der Waals surface area contributed by atoms with E-state index in [4.69, 9.17) is 4.74 Å². The Bertz CT molecular complexity index is 897. The predicted octanol–water partition coefficient (Wildman–Crippen LogP) is 1.68. The first kappa shape index (κ1) is 13.1. The molecule has 21 heavy (non-hydrogen) atoms. The van der Waals surface area contributed by atoms with Gasteiger partial charge in [0.1, 0.15) is 5.69 Å². The Morgan fingerprint density at radius 1 is 1.10 bits per heavy atom. The van der Waals surface area contributed by atoms with E-state index < -0.39 is 11.1 Å². The Labute approximate surface area is 119 Å². The molecule has 2 aromatic heterocycles. The third-order valence-electron chi connectivity index (χ3n) is 3.13. The molecule has 6 heteroatoms. The van der Waals surface area contributed by atoms with E-state index in [1.54, 1.807) is 0 Å². The summed E-state index contributed by atoms with van der Waals surface area (Å²) in [6.07, 6.45) is 1.40. The number of rotatable bonds is 3. The van der Waals surface area contributed by atoms with Crippen molar-refractivity contribution in [2.24, 2.45) is 0 Å². The van der Waals surface area contributed by atoms with E-state index in [0.29, 0.717) is 18.1 Å². The van der Waals surface area contributed by atoms with Crippen molar-refractivity contribution in [2.75, 3.05) is 6.61 Å². The van der Waals surface area contributed by atoms with Crippen LogP contribution in [0.4, 0.5) is 0 Å². The van der Waals surface area contributed by atoms with Crippen LogP contribution >= 0.6 is 0 Å². The highest BCUT2D eigenvalue weighted by molar-refractivity contribution is 5.91. The zero-order chi connectivity index (χ0) is 14.8. The second kappa shape index (κ2) is 5.24. The van der Waals surface area contributed by atoms with Crippen LogP contribution in [0.3, 0.4) is 0 Å². The number of ether oxygens (including phenoxy) is 1. The van der Waals surface area contributed by atoms with Gasteiger partial charge < -0.3 is 4.74 Å². The van der Waals surface area contributed by atoms with Crippen molar-refractivity contribution in [1.29, 1.82) is 0 Å². The van der Waals surface area contributed by atoms with Gasteiger partial charge in [0.25, 0.3) is 11.1 Å². The Balaban J connectivity index is 2.42. The van der Waals surface area contributed by atoms with Crippen LogP contribution in [0.5, 0.6) is 5.75 Å². The highest BCUT2D eigenvalue weighted by Gasteiger charge is 2.16. The third-order valence-corrected chi connectivity index (χ3v) is 3.13. The molecule has 0 fully saturated rings. The zero-order valence-corrected chi connectivity index (χ0v) is 11.3. The van der Waals surface area contributed by atoms with Crippen molar-refractivity contribution < 1.29 is 4.74 Å². The van der Waals surface area contributed by atoms with Crippen LogP contribution in [0.2, 0.25) is 0 Å². The Kier molecular flexibility index (Phi) is 3.27. The average molecular weight is 283 g/mol. The number of hydrogen-bond acceptors (Lipinski definition) is 4. The van der Waals surface area contributed by atoms with Gasteiger partial charge in [-0.3, -0.25) is 24.8 Å². The maximum atomic E-state index is 12.1. The molecular weight excluding hydrogens is 270 g/mol. The molecule has 0 aliphatic carbocycles. The minimum Gasteiger partial charge on any atom is -0.491 e. The minimum atomic E-state index is -0.410. The number of benzene rings is 1. The lowest BCUT2D eigenvalue weighted by atomic mass is 10.1. The Morgan fingerprint density at radius 2 is 1.81 bits per heavy atom. The Hall–Kier alpha value is -2.89. The first-order valence-corrected chi connectivity index (χ1v) is 6.54. The number of aromatic amines is 2. The van der Waals surface area contributed by atoms with Crippen LogP contribution in [0.1, 0.15) is 6.92 Å². The number of aromatic nitrogens is 3. The molecule has 2 N–H and O–H groups in total. The van der Waals surface area contributed by atoms with Crippen LogP contribution in [0, 0.1) is 0 Å². The number of hydrogen-bond donors (Lipinski definition) is 2. The van der Waals surface area contributed by atoms with Crippen molar-refractivity contribution in [2.45, 2.75) is 6.92 Å². The van der Waals surface area contributed by atoms with Crippen molar-refractivity contribution in [1.82, 2.24) is 15.2 Å². The largest absolute Gasteiger partial charge is 0.491 e. The van der Waals surface area contributed by atoms with Gasteiger partial charge in [-0.25, -0.2) is 0 Å². The van der Waals surface area contributed by atoms with Crippen LogP contribution in [0.25, 0.3) is 22.0 Å².